The molecular formula is C31H47FN8O3S. The van der Waals surface area contributed by atoms with E-state index in [1.54, 1.807) is 13.1 Å². The number of hydrogen-bond acceptors (Lipinski definition) is 11. The minimum Gasteiger partial charge on any atom is -0.374 e. The van der Waals surface area contributed by atoms with Gasteiger partial charge < -0.3 is 30.1 Å². The quantitative estimate of drug-likeness (QED) is 0.359. The number of likely N-dealkylation sites (N-methyl/N-ethyl adjacent to an activating group) is 2. The van der Waals surface area contributed by atoms with Crippen molar-refractivity contribution in [2.45, 2.75) is 64.5 Å². The summed E-state index contributed by atoms with van der Waals surface area (Å²) >= 11 is 0. The Labute approximate surface area is 260 Å². The lowest BCUT2D eigenvalue weighted by Crippen LogP contribution is -2.57. The normalized spacial score (nSPS) is 25.9. The lowest BCUT2D eigenvalue weighted by molar-refractivity contribution is -0.0339. The summed E-state index contributed by atoms with van der Waals surface area (Å²) in [7, 11) is 0.768. The molecular weight excluding hydrogens is 583 g/mol. The van der Waals surface area contributed by atoms with Crippen LogP contribution < -0.4 is 15.5 Å². The van der Waals surface area contributed by atoms with Crippen LogP contribution in [0.15, 0.2) is 35.7 Å². The fourth-order valence-corrected chi connectivity index (χ4v) is 7.52. The van der Waals surface area contributed by atoms with E-state index in [4.69, 9.17) is 14.7 Å². The molecule has 0 amide bonds. The third-order valence-electron chi connectivity index (χ3n) is 9.09. The first-order valence-corrected chi connectivity index (χ1v) is 17.5. The first kappa shape index (κ1) is 32.4. The van der Waals surface area contributed by atoms with Crippen molar-refractivity contribution in [3.63, 3.8) is 0 Å². The summed E-state index contributed by atoms with van der Waals surface area (Å²) in [6.45, 7) is 10.8. The lowest BCUT2D eigenvalue weighted by atomic mass is 9.90. The number of nitrogens with one attached hydrogen (secondary N) is 2. The number of halogens is 1. The van der Waals surface area contributed by atoms with Crippen molar-refractivity contribution in [3.8, 4) is 0 Å². The Kier molecular flexibility index (Phi) is 9.96. The summed E-state index contributed by atoms with van der Waals surface area (Å²) in [4.78, 5) is 20.5. The molecule has 0 bridgehead atoms. The second-order valence-electron chi connectivity index (χ2n) is 12.4. The van der Waals surface area contributed by atoms with Gasteiger partial charge in [-0.3, -0.25) is 4.98 Å². The lowest BCUT2D eigenvalue weighted by Gasteiger charge is -2.48. The van der Waals surface area contributed by atoms with Crippen molar-refractivity contribution in [2.24, 2.45) is 10.9 Å². The van der Waals surface area contributed by atoms with Gasteiger partial charge in [-0.05, 0) is 38.5 Å². The Balaban J connectivity index is 1.30. The van der Waals surface area contributed by atoms with Crippen LogP contribution in [0, 0.1) is 5.92 Å². The zero-order valence-electron chi connectivity index (χ0n) is 26.7. The van der Waals surface area contributed by atoms with Crippen LogP contribution in [0.1, 0.15) is 45.7 Å². The maximum absolute atomic E-state index is 15.0. The van der Waals surface area contributed by atoms with Crippen LogP contribution >= 0.6 is 0 Å². The topological polar surface area (TPSA) is 115 Å². The highest BCUT2D eigenvalue weighted by Gasteiger charge is 2.39. The number of anilines is 2. The second-order valence-corrected chi connectivity index (χ2v) is 14.8. The number of aromatic nitrogens is 2. The van der Waals surface area contributed by atoms with Crippen molar-refractivity contribution in [2.75, 3.05) is 68.6 Å². The molecule has 0 aliphatic carbocycles. The molecule has 44 heavy (non-hydrogen) atoms. The summed E-state index contributed by atoms with van der Waals surface area (Å²) in [5, 5.41) is 8.57. The smallest absolute Gasteiger partial charge is 0.202 e. The molecule has 0 spiro atoms. The van der Waals surface area contributed by atoms with Crippen molar-refractivity contribution < 1.29 is 17.5 Å². The zero-order valence-corrected chi connectivity index (χ0v) is 27.5. The molecule has 2 aromatic rings. The predicted octanol–water partition coefficient (Wildman–Crippen LogP) is 3.21. The van der Waals surface area contributed by atoms with E-state index in [-0.39, 0.29) is 42.1 Å². The van der Waals surface area contributed by atoms with Gasteiger partial charge in [-0.1, -0.05) is 20.8 Å². The minimum absolute atomic E-state index is 0.0941. The number of pyridine rings is 2. The first-order valence-electron chi connectivity index (χ1n) is 15.7. The maximum Gasteiger partial charge on any atom is 0.202 e. The van der Waals surface area contributed by atoms with E-state index in [1.807, 2.05) is 48.4 Å². The number of fused-ring (bicyclic) bond motifs is 1. The van der Waals surface area contributed by atoms with E-state index in [2.05, 4.69) is 41.3 Å². The number of alkyl halides is 1. The molecule has 0 aromatic carbocycles. The fraction of sp³-hybridized carbons (Fsp3) is 0.645. The van der Waals surface area contributed by atoms with Crippen LogP contribution in [0.5, 0.6) is 0 Å². The molecule has 3 aliphatic rings. The third-order valence-corrected chi connectivity index (χ3v) is 10.9. The Hall–Kier alpha value is -3.03. The van der Waals surface area contributed by atoms with Crippen molar-refractivity contribution in [3.05, 3.63) is 36.4 Å². The summed E-state index contributed by atoms with van der Waals surface area (Å²) in [6, 6.07) is 2.14. The average molecular weight is 631 g/mol. The predicted molar refractivity (Wildman–Crippen MR) is 175 cm³/mol. The van der Waals surface area contributed by atoms with Crippen molar-refractivity contribution in [1.82, 2.24) is 25.1 Å². The molecule has 3 aliphatic heterocycles. The van der Waals surface area contributed by atoms with Crippen LogP contribution in [0.3, 0.4) is 0 Å². The highest BCUT2D eigenvalue weighted by Crippen LogP contribution is 2.38. The molecule has 5 heterocycles. The van der Waals surface area contributed by atoms with Gasteiger partial charge in [0, 0.05) is 67.6 Å². The number of piperidine rings is 1. The summed E-state index contributed by atoms with van der Waals surface area (Å²) in [6.07, 6.45) is 6.39. The van der Waals surface area contributed by atoms with Crippen LogP contribution in [-0.4, -0.2) is 117 Å². The van der Waals surface area contributed by atoms with Gasteiger partial charge in [-0.15, -0.1) is 0 Å². The second kappa shape index (κ2) is 13.5. The van der Waals surface area contributed by atoms with Crippen LogP contribution in [-0.2, 0) is 14.6 Å². The van der Waals surface area contributed by atoms with Gasteiger partial charge in [-0.25, -0.2) is 22.8 Å². The molecule has 2 saturated heterocycles. The number of sulfone groups is 1. The molecule has 2 fully saturated rings. The molecule has 242 valence electrons. The average Bonchev–Trinajstić information content (AvgIpc) is 3.00. The SMILES string of the molecule is CCS(=O)(=O)C[C@H]1CN(c2cnc(C(C)C)c3cc(NC4C=CN=C(N5CC[C@@H](OCCNC)[C@@H](F)C5)N4C)ncc23)[C@@H]1C. The molecule has 0 radical (unpaired) electrons. The summed E-state index contributed by atoms with van der Waals surface area (Å²) < 4.78 is 45.2. The highest BCUT2D eigenvalue weighted by molar-refractivity contribution is 7.91. The van der Waals surface area contributed by atoms with Gasteiger partial charge in [0.1, 0.15) is 28.0 Å². The van der Waals surface area contributed by atoms with Gasteiger partial charge in [0.2, 0.25) is 5.96 Å². The molecule has 2 aromatic heterocycles. The van der Waals surface area contributed by atoms with Gasteiger partial charge in [0.05, 0.1) is 42.6 Å². The molecule has 5 rings (SSSR count). The van der Waals surface area contributed by atoms with Crippen LogP contribution in [0.4, 0.5) is 15.9 Å². The van der Waals surface area contributed by atoms with Crippen molar-refractivity contribution in [1.29, 1.82) is 0 Å². The van der Waals surface area contributed by atoms with Crippen molar-refractivity contribution >= 4 is 38.1 Å². The van der Waals surface area contributed by atoms with Crippen LogP contribution in [0.25, 0.3) is 10.8 Å². The Morgan fingerprint density at radius 1 is 1.18 bits per heavy atom. The van der Waals surface area contributed by atoms with E-state index in [1.165, 1.54) is 0 Å². The van der Waals surface area contributed by atoms with E-state index < -0.39 is 22.1 Å². The number of nitrogens with zero attached hydrogens (tertiary/aromatic N) is 6. The maximum atomic E-state index is 15.0. The molecule has 5 atom stereocenters. The Morgan fingerprint density at radius 2 is 1.98 bits per heavy atom. The number of rotatable bonds is 11. The van der Waals surface area contributed by atoms with Gasteiger partial charge in [0.15, 0.2) is 0 Å². The van der Waals surface area contributed by atoms with E-state index >= 15 is 4.39 Å². The van der Waals surface area contributed by atoms with Crippen LogP contribution in [0.2, 0.25) is 0 Å². The number of aliphatic imine (C=N–C) groups is 1. The van der Waals surface area contributed by atoms with Gasteiger partial charge in [0.25, 0.3) is 0 Å². The highest BCUT2D eigenvalue weighted by atomic mass is 32.2. The molecule has 1 unspecified atom stereocenters. The van der Waals surface area contributed by atoms with E-state index in [0.29, 0.717) is 44.4 Å². The van der Waals surface area contributed by atoms with Gasteiger partial charge >= 0.3 is 0 Å². The van der Waals surface area contributed by atoms with Gasteiger partial charge in [-0.2, -0.15) is 0 Å². The molecule has 11 nitrogen and oxygen atoms in total. The third kappa shape index (κ3) is 6.79. The summed E-state index contributed by atoms with van der Waals surface area (Å²) in [5.41, 5.74) is 1.96. The Bertz CT molecular complexity index is 1490. The zero-order chi connectivity index (χ0) is 31.6. The largest absolute Gasteiger partial charge is 0.374 e. The molecule has 13 heteroatoms. The molecule has 2 N–H and O–H groups in total. The Morgan fingerprint density at radius 3 is 2.66 bits per heavy atom. The summed E-state index contributed by atoms with van der Waals surface area (Å²) in [5.74, 6) is 2.09. The number of hydrogen-bond donors (Lipinski definition) is 2. The fourth-order valence-electron chi connectivity index (χ4n) is 6.25. The van der Waals surface area contributed by atoms with E-state index in [9.17, 15) is 8.42 Å². The monoisotopic (exact) mass is 630 g/mol. The van der Waals surface area contributed by atoms with E-state index in [0.717, 1.165) is 22.2 Å². The number of likely N-dealkylation sites (tertiary alicyclic amines) is 1. The first-order chi connectivity index (χ1) is 21.0. The number of ether oxygens (including phenoxy) is 1. The molecule has 0 saturated carbocycles. The number of guanidine groups is 1. The standard InChI is InChI=1S/C31H47FN8O3S/c1-7-44(41,42)19-22-17-40(21(22)4)26-16-36-30(20(2)3)23-14-28(35-15-24(23)26)37-29-8-10-34-31(38(29)6)39-12-9-27(25(32)18-39)43-13-11-33-5/h8,10,14-16,20-22,25,27,29,33H,7,9,11-13,17-19H2,1-6H3,(H,35,37)/t21-,22-,25+,27-,29?/m1/s1. The minimum atomic E-state index is -3.03.